The lowest BCUT2D eigenvalue weighted by atomic mass is 9.93. The topological polar surface area (TPSA) is 55.1 Å². The highest BCUT2D eigenvalue weighted by molar-refractivity contribution is 5.85. The number of hydrogen-bond acceptors (Lipinski definition) is 2. The number of halogens is 1. The van der Waals surface area contributed by atoms with Crippen LogP contribution in [0.15, 0.2) is 0 Å². The molecule has 1 amide bonds. The van der Waals surface area contributed by atoms with E-state index >= 15 is 0 Å². The summed E-state index contributed by atoms with van der Waals surface area (Å²) in [6, 6.07) is 0. The second kappa shape index (κ2) is 6.26. The van der Waals surface area contributed by atoms with E-state index in [1.54, 1.807) is 0 Å². The van der Waals surface area contributed by atoms with Gasteiger partial charge in [0.1, 0.15) is 0 Å². The smallest absolute Gasteiger partial charge is 0.217 e. The van der Waals surface area contributed by atoms with Crippen LogP contribution in [-0.4, -0.2) is 19.0 Å². The van der Waals surface area contributed by atoms with Crippen LogP contribution in [0, 0.1) is 5.92 Å². The Morgan fingerprint density at radius 3 is 2.50 bits per heavy atom. The average Bonchev–Trinajstić information content (AvgIpc) is 2.03. The van der Waals surface area contributed by atoms with Crippen molar-refractivity contribution in [1.82, 2.24) is 5.32 Å². The molecule has 0 saturated carbocycles. The fraction of sp³-hybridized carbons (Fsp3) is 0.875. The summed E-state index contributed by atoms with van der Waals surface area (Å²) in [5, 5.41) is 3.29. The molecule has 0 aromatic rings. The summed E-state index contributed by atoms with van der Waals surface area (Å²) < 4.78 is 0. The Bertz CT molecular complexity index is 135. The predicted molar refractivity (Wildman–Crippen MR) is 51.3 cm³/mol. The first-order valence-electron chi connectivity index (χ1n) is 4.28. The second-order valence-corrected chi connectivity index (χ2v) is 3.20. The summed E-state index contributed by atoms with van der Waals surface area (Å²) in [6.07, 6.45) is 3.95. The van der Waals surface area contributed by atoms with Crippen molar-refractivity contribution >= 4 is 18.3 Å². The van der Waals surface area contributed by atoms with Crippen molar-refractivity contribution in [3.05, 3.63) is 0 Å². The Kier molecular flexibility index (Phi) is 6.11. The van der Waals surface area contributed by atoms with Crippen LogP contribution >= 0.6 is 12.4 Å². The van der Waals surface area contributed by atoms with Crippen molar-refractivity contribution in [3.63, 3.8) is 0 Å². The van der Waals surface area contributed by atoms with Crippen molar-refractivity contribution in [1.29, 1.82) is 0 Å². The van der Waals surface area contributed by atoms with Gasteiger partial charge in [-0.1, -0.05) is 0 Å². The van der Waals surface area contributed by atoms with Crippen molar-refractivity contribution in [2.75, 3.05) is 13.1 Å². The van der Waals surface area contributed by atoms with Crippen molar-refractivity contribution in [2.45, 2.75) is 25.7 Å². The molecule has 0 aromatic carbocycles. The lowest BCUT2D eigenvalue weighted by molar-refractivity contribution is -0.118. The number of primary amides is 1. The molecule has 0 aromatic heterocycles. The van der Waals surface area contributed by atoms with Gasteiger partial charge in [-0.25, -0.2) is 0 Å². The van der Waals surface area contributed by atoms with Gasteiger partial charge in [-0.15, -0.1) is 12.4 Å². The van der Waals surface area contributed by atoms with Gasteiger partial charge in [0.25, 0.3) is 0 Å². The quantitative estimate of drug-likeness (QED) is 0.691. The minimum absolute atomic E-state index is 0. The molecule has 72 valence electrons. The Morgan fingerprint density at radius 2 is 2.00 bits per heavy atom. The van der Waals surface area contributed by atoms with Crippen LogP contribution in [0.1, 0.15) is 25.7 Å². The molecule has 0 radical (unpaired) electrons. The second-order valence-electron chi connectivity index (χ2n) is 3.20. The lowest BCUT2D eigenvalue weighted by Crippen LogP contribution is -2.28. The number of carbonyl (C=O) groups is 1. The minimum Gasteiger partial charge on any atom is -0.370 e. The first kappa shape index (κ1) is 11.7. The Hall–Kier alpha value is -0.280. The van der Waals surface area contributed by atoms with Crippen LogP contribution in [0.3, 0.4) is 0 Å². The third-order valence-electron chi connectivity index (χ3n) is 2.26. The number of rotatable bonds is 3. The van der Waals surface area contributed by atoms with E-state index in [0.717, 1.165) is 25.4 Å². The van der Waals surface area contributed by atoms with Gasteiger partial charge in [-0.3, -0.25) is 4.79 Å². The molecule has 1 fully saturated rings. The van der Waals surface area contributed by atoms with Crippen molar-refractivity contribution in [3.8, 4) is 0 Å². The van der Waals surface area contributed by atoms with E-state index in [9.17, 15) is 4.79 Å². The highest BCUT2D eigenvalue weighted by atomic mass is 35.5. The standard InChI is InChI=1S/C8H16N2O.ClH/c9-8(11)2-1-7-3-5-10-6-4-7;/h7,10H,1-6H2,(H2,9,11);1H. The number of hydrogen-bond donors (Lipinski definition) is 2. The zero-order chi connectivity index (χ0) is 8.10. The van der Waals surface area contributed by atoms with Gasteiger partial charge in [0.2, 0.25) is 5.91 Å². The van der Waals surface area contributed by atoms with Crippen molar-refractivity contribution < 1.29 is 4.79 Å². The van der Waals surface area contributed by atoms with E-state index in [0.29, 0.717) is 6.42 Å². The number of nitrogens with two attached hydrogens (primary N) is 1. The highest BCUT2D eigenvalue weighted by Crippen LogP contribution is 2.16. The summed E-state index contributed by atoms with van der Waals surface area (Å²) >= 11 is 0. The molecule has 12 heavy (non-hydrogen) atoms. The molecule has 0 unspecified atom stereocenters. The monoisotopic (exact) mass is 192 g/mol. The van der Waals surface area contributed by atoms with Crippen LogP contribution in [0.2, 0.25) is 0 Å². The molecule has 1 saturated heterocycles. The van der Waals surface area contributed by atoms with Gasteiger partial charge in [-0.2, -0.15) is 0 Å². The SMILES string of the molecule is Cl.NC(=O)CCC1CCNCC1. The van der Waals surface area contributed by atoms with E-state index in [1.807, 2.05) is 0 Å². The number of nitrogens with one attached hydrogen (secondary N) is 1. The van der Waals surface area contributed by atoms with Gasteiger partial charge >= 0.3 is 0 Å². The van der Waals surface area contributed by atoms with Crippen LogP contribution in [0.25, 0.3) is 0 Å². The molecular formula is C8H17ClN2O. The van der Waals surface area contributed by atoms with E-state index in [1.165, 1.54) is 12.8 Å². The maximum absolute atomic E-state index is 10.4. The zero-order valence-electron chi connectivity index (χ0n) is 7.21. The zero-order valence-corrected chi connectivity index (χ0v) is 8.03. The highest BCUT2D eigenvalue weighted by Gasteiger charge is 2.12. The summed E-state index contributed by atoms with van der Waals surface area (Å²) in [7, 11) is 0. The van der Waals surface area contributed by atoms with Gasteiger partial charge in [0, 0.05) is 6.42 Å². The third-order valence-corrected chi connectivity index (χ3v) is 2.26. The van der Waals surface area contributed by atoms with Gasteiger partial charge in [0.05, 0.1) is 0 Å². The molecule has 0 bridgehead atoms. The Balaban J connectivity index is 0.00000121. The largest absolute Gasteiger partial charge is 0.370 e. The molecule has 1 aliphatic heterocycles. The molecule has 1 aliphatic rings. The van der Waals surface area contributed by atoms with Crippen LogP contribution in [0.5, 0.6) is 0 Å². The molecule has 0 atom stereocenters. The van der Waals surface area contributed by atoms with Gasteiger partial charge in [-0.05, 0) is 38.3 Å². The van der Waals surface area contributed by atoms with Crippen molar-refractivity contribution in [2.24, 2.45) is 11.7 Å². The summed E-state index contributed by atoms with van der Waals surface area (Å²) in [6.45, 7) is 2.20. The molecule has 0 aliphatic carbocycles. The summed E-state index contributed by atoms with van der Waals surface area (Å²) in [4.78, 5) is 10.4. The van der Waals surface area contributed by atoms with Gasteiger partial charge in [0.15, 0.2) is 0 Å². The molecule has 3 nitrogen and oxygen atoms in total. The minimum atomic E-state index is -0.163. The van der Waals surface area contributed by atoms with E-state index in [-0.39, 0.29) is 18.3 Å². The summed E-state index contributed by atoms with van der Waals surface area (Å²) in [5.74, 6) is 0.562. The molecule has 1 heterocycles. The average molecular weight is 193 g/mol. The van der Waals surface area contributed by atoms with Crippen LogP contribution in [-0.2, 0) is 4.79 Å². The fourth-order valence-electron chi connectivity index (χ4n) is 1.52. The van der Waals surface area contributed by atoms with Crippen LogP contribution in [0.4, 0.5) is 0 Å². The van der Waals surface area contributed by atoms with E-state index in [4.69, 9.17) is 5.73 Å². The first-order chi connectivity index (χ1) is 5.29. The Labute approximate surface area is 79.5 Å². The third kappa shape index (κ3) is 4.57. The van der Waals surface area contributed by atoms with E-state index < -0.39 is 0 Å². The number of carbonyl (C=O) groups excluding carboxylic acids is 1. The number of amides is 1. The molecule has 1 rings (SSSR count). The summed E-state index contributed by atoms with van der Waals surface area (Å²) in [5.41, 5.74) is 5.06. The Morgan fingerprint density at radius 1 is 1.42 bits per heavy atom. The van der Waals surface area contributed by atoms with Crippen LogP contribution < -0.4 is 11.1 Å². The predicted octanol–water partition coefficient (Wildman–Crippen LogP) is 0.673. The molecule has 3 N–H and O–H groups in total. The first-order valence-corrected chi connectivity index (χ1v) is 4.28. The molecule has 0 spiro atoms. The lowest BCUT2D eigenvalue weighted by Gasteiger charge is -2.21. The normalized spacial score (nSPS) is 18.3. The fourth-order valence-corrected chi connectivity index (χ4v) is 1.52. The molecular weight excluding hydrogens is 176 g/mol. The maximum atomic E-state index is 10.4. The number of piperidine rings is 1. The molecule has 4 heteroatoms. The maximum Gasteiger partial charge on any atom is 0.217 e. The van der Waals surface area contributed by atoms with Gasteiger partial charge < -0.3 is 11.1 Å². The van der Waals surface area contributed by atoms with E-state index in [2.05, 4.69) is 5.32 Å².